The van der Waals surface area contributed by atoms with Gasteiger partial charge in [-0.15, -0.1) is 0 Å². The Balaban J connectivity index is 0.00000176. The predicted octanol–water partition coefficient (Wildman–Crippen LogP) is 4.68. The first-order valence-electron chi connectivity index (χ1n) is 9.56. The van der Waals surface area contributed by atoms with Crippen LogP contribution in [-0.4, -0.2) is 38.0 Å². The molecule has 0 aliphatic heterocycles. The van der Waals surface area contributed by atoms with Crippen LogP contribution in [0.4, 0.5) is 5.69 Å². The molecule has 1 aromatic heterocycles. The Morgan fingerprint density at radius 3 is 2.04 bits per heavy atom. The summed E-state index contributed by atoms with van der Waals surface area (Å²) in [6, 6.07) is 11.5. The molecule has 2 N–H and O–H groups in total. The van der Waals surface area contributed by atoms with Gasteiger partial charge in [-0.25, -0.2) is 4.98 Å². The van der Waals surface area contributed by atoms with Gasteiger partial charge in [-0.2, -0.15) is 0 Å². The highest BCUT2D eigenvalue weighted by molar-refractivity contribution is 5.69. The van der Waals surface area contributed by atoms with Gasteiger partial charge in [-0.3, -0.25) is 0 Å². The Kier molecular flexibility index (Phi) is 12.4. The van der Waals surface area contributed by atoms with Crippen LogP contribution in [0.25, 0.3) is 12.2 Å². The van der Waals surface area contributed by atoms with E-state index in [1.165, 1.54) is 0 Å². The number of ether oxygens (including phenoxy) is 3. The van der Waals surface area contributed by atoms with Crippen molar-refractivity contribution < 1.29 is 14.2 Å². The average Bonchev–Trinajstić information content (AvgIpc) is 2.72. The monoisotopic (exact) mass is 372 g/mol. The molecule has 0 spiro atoms. The van der Waals surface area contributed by atoms with Crippen LogP contribution < -0.4 is 10.5 Å². The van der Waals surface area contributed by atoms with Crippen molar-refractivity contribution in [3.63, 3.8) is 0 Å². The molecule has 148 valence electrons. The largest absolute Gasteiger partial charge is 0.475 e. The molecule has 0 saturated heterocycles. The van der Waals surface area contributed by atoms with Crippen LogP contribution in [-0.2, 0) is 9.47 Å². The molecule has 0 fully saturated rings. The van der Waals surface area contributed by atoms with Crippen molar-refractivity contribution in [2.75, 3.05) is 38.8 Å². The maximum atomic E-state index is 5.67. The molecule has 27 heavy (non-hydrogen) atoms. The number of benzene rings is 1. The number of anilines is 1. The minimum atomic E-state index is 0.474. The molecular formula is C22H32N2O3. The topological polar surface area (TPSA) is 66.6 Å². The van der Waals surface area contributed by atoms with Crippen LogP contribution in [0, 0.1) is 0 Å². The molecule has 1 aromatic carbocycles. The summed E-state index contributed by atoms with van der Waals surface area (Å²) in [4.78, 5) is 4.29. The molecule has 0 aliphatic carbocycles. The van der Waals surface area contributed by atoms with E-state index in [-0.39, 0.29) is 0 Å². The van der Waals surface area contributed by atoms with Gasteiger partial charge in [0, 0.05) is 24.6 Å². The van der Waals surface area contributed by atoms with Crippen LogP contribution in [0.15, 0.2) is 42.6 Å². The van der Waals surface area contributed by atoms with E-state index in [2.05, 4.69) is 11.9 Å². The lowest BCUT2D eigenvalue weighted by atomic mass is 10.1. The summed E-state index contributed by atoms with van der Waals surface area (Å²) in [5, 5.41) is 0. The van der Waals surface area contributed by atoms with E-state index >= 15 is 0 Å². The quantitative estimate of drug-likeness (QED) is 0.458. The van der Waals surface area contributed by atoms with E-state index in [4.69, 9.17) is 19.9 Å². The van der Waals surface area contributed by atoms with E-state index in [1.807, 2.05) is 62.4 Å². The number of hydrogen-bond acceptors (Lipinski definition) is 5. The van der Waals surface area contributed by atoms with E-state index in [1.54, 1.807) is 6.20 Å². The zero-order chi connectivity index (χ0) is 19.7. The maximum absolute atomic E-state index is 5.67. The lowest BCUT2D eigenvalue weighted by Gasteiger charge is -2.07. The zero-order valence-electron chi connectivity index (χ0n) is 16.7. The standard InChI is InChI=1S/C20H26N2O3.C2H6/c1-2-11-23-12-13-24-14-15-25-20-10-7-18(16-22-20)4-3-17-5-8-19(21)9-6-17;1-2/h3-10,16H,2,11-15,21H2,1H3;1-2H3/b4-3+;. The van der Waals surface area contributed by atoms with Crippen LogP contribution in [0.1, 0.15) is 38.3 Å². The normalized spacial score (nSPS) is 10.5. The van der Waals surface area contributed by atoms with Crippen molar-refractivity contribution in [1.82, 2.24) is 4.98 Å². The third kappa shape index (κ3) is 10.4. The number of rotatable bonds is 11. The molecule has 0 bridgehead atoms. The second-order valence-corrected chi connectivity index (χ2v) is 5.50. The molecule has 0 saturated carbocycles. The number of aromatic nitrogens is 1. The van der Waals surface area contributed by atoms with Gasteiger partial charge in [0.05, 0.1) is 19.8 Å². The molecule has 0 amide bonds. The average molecular weight is 373 g/mol. The van der Waals surface area contributed by atoms with Crippen LogP contribution in [0.5, 0.6) is 5.88 Å². The second kappa shape index (κ2) is 14.8. The summed E-state index contributed by atoms with van der Waals surface area (Å²) < 4.78 is 16.3. The van der Waals surface area contributed by atoms with Crippen molar-refractivity contribution in [3.8, 4) is 5.88 Å². The van der Waals surface area contributed by atoms with E-state index in [0.29, 0.717) is 32.3 Å². The molecule has 1 heterocycles. The van der Waals surface area contributed by atoms with Gasteiger partial charge < -0.3 is 19.9 Å². The van der Waals surface area contributed by atoms with E-state index in [0.717, 1.165) is 29.8 Å². The van der Waals surface area contributed by atoms with Crippen molar-refractivity contribution >= 4 is 17.8 Å². The summed E-state index contributed by atoms with van der Waals surface area (Å²) >= 11 is 0. The number of nitrogens with two attached hydrogens (primary N) is 1. The van der Waals surface area contributed by atoms with Crippen molar-refractivity contribution in [3.05, 3.63) is 53.7 Å². The summed E-state index contributed by atoms with van der Waals surface area (Å²) in [6.07, 6.45) is 6.83. The Morgan fingerprint density at radius 2 is 1.41 bits per heavy atom. The summed E-state index contributed by atoms with van der Waals surface area (Å²) in [5.74, 6) is 0.593. The highest BCUT2D eigenvalue weighted by atomic mass is 16.5. The zero-order valence-corrected chi connectivity index (χ0v) is 16.7. The molecule has 5 nitrogen and oxygen atoms in total. The van der Waals surface area contributed by atoms with Gasteiger partial charge in [0.25, 0.3) is 0 Å². The lowest BCUT2D eigenvalue weighted by Crippen LogP contribution is -2.11. The third-order valence-corrected chi connectivity index (χ3v) is 3.36. The minimum Gasteiger partial charge on any atom is -0.475 e. The Morgan fingerprint density at radius 1 is 0.815 bits per heavy atom. The number of pyridine rings is 1. The first-order valence-corrected chi connectivity index (χ1v) is 9.56. The SMILES string of the molecule is CC.CCCOCCOCCOc1ccc(/C=C/c2ccc(N)cc2)cn1. The fraction of sp³-hybridized carbons (Fsp3) is 0.409. The van der Waals surface area contributed by atoms with Crippen molar-refractivity contribution in [2.24, 2.45) is 0 Å². The molecule has 2 aromatic rings. The van der Waals surface area contributed by atoms with Gasteiger partial charge in [0.2, 0.25) is 5.88 Å². The highest BCUT2D eigenvalue weighted by Gasteiger charge is 1.96. The van der Waals surface area contributed by atoms with E-state index in [9.17, 15) is 0 Å². The maximum Gasteiger partial charge on any atom is 0.213 e. The lowest BCUT2D eigenvalue weighted by molar-refractivity contribution is 0.0361. The van der Waals surface area contributed by atoms with Crippen LogP contribution in [0.3, 0.4) is 0 Å². The summed E-state index contributed by atoms with van der Waals surface area (Å²) in [6.45, 7) is 9.08. The number of nitrogens with zero attached hydrogens (tertiary/aromatic N) is 1. The van der Waals surface area contributed by atoms with Crippen molar-refractivity contribution in [2.45, 2.75) is 27.2 Å². The Hall–Kier alpha value is -2.37. The molecule has 0 atom stereocenters. The number of hydrogen-bond donors (Lipinski definition) is 1. The molecule has 0 aliphatic rings. The highest BCUT2D eigenvalue weighted by Crippen LogP contribution is 2.12. The van der Waals surface area contributed by atoms with Gasteiger partial charge in [0.15, 0.2) is 0 Å². The smallest absolute Gasteiger partial charge is 0.213 e. The molecule has 5 heteroatoms. The fourth-order valence-electron chi connectivity index (χ4n) is 2.05. The van der Waals surface area contributed by atoms with Crippen LogP contribution >= 0.6 is 0 Å². The Labute approximate surface area is 163 Å². The minimum absolute atomic E-state index is 0.474. The molecular weight excluding hydrogens is 340 g/mol. The Bertz CT molecular complexity index is 625. The van der Waals surface area contributed by atoms with Gasteiger partial charge >= 0.3 is 0 Å². The fourth-order valence-corrected chi connectivity index (χ4v) is 2.05. The van der Waals surface area contributed by atoms with Gasteiger partial charge in [-0.05, 0) is 35.7 Å². The second-order valence-electron chi connectivity index (χ2n) is 5.50. The third-order valence-electron chi connectivity index (χ3n) is 3.36. The van der Waals surface area contributed by atoms with E-state index < -0.39 is 0 Å². The first kappa shape index (κ1) is 22.7. The molecule has 2 rings (SSSR count). The summed E-state index contributed by atoms with van der Waals surface area (Å²) in [5.41, 5.74) is 8.54. The molecule has 0 unspecified atom stereocenters. The van der Waals surface area contributed by atoms with Gasteiger partial charge in [-0.1, -0.05) is 45.1 Å². The number of nitrogen functional groups attached to an aromatic ring is 1. The van der Waals surface area contributed by atoms with Crippen molar-refractivity contribution in [1.29, 1.82) is 0 Å². The first-order chi connectivity index (χ1) is 13.3. The molecule has 0 radical (unpaired) electrons. The summed E-state index contributed by atoms with van der Waals surface area (Å²) in [7, 11) is 0. The predicted molar refractivity (Wildman–Crippen MR) is 113 cm³/mol. The van der Waals surface area contributed by atoms with Gasteiger partial charge in [0.1, 0.15) is 6.61 Å². The van der Waals surface area contributed by atoms with Crippen LogP contribution in [0.2, 0.25) is 0 Å².